The third-order valence-corrected chi connectivity index (χ3v) is 6.26. The molecule has 1 fully saturated rings. The van der Waals surface area contributed by atoms with Crippen molar-refractivity contribution in [3.05, 3.63) is 22.8 Å². The van der Waals surface area contributed by atoms with Crippen LogP contribution in [-0.2, 0) is 33.4 Å². The number of hydrogen-bond donors (Lipinski definition) is 2. The van der Waals surface area contributed by atoms with Gasteiger partial charge in [0.15, 0.2) is 10.8 Å². The van der Waals surface area contributed by atoms with E-state index in [-0.39, 0.29) is 48.7 Å². The van der Waals surface area contributed by atoms with Crippen LogP contribution >= 0.6 is 23.1 Å². The quantitative estimate of drug-likeness (QED) is 0.146. The van der Waals surface area contributed by atoms with Gasteiger partial charge in [-0.1, -0.05) is 5.16 Å². The zero-order valence-corrected chi connectivity index (χ0v) is 20.0. The lowest BCUT2D eigenvalue weighted by atomic mass is 10.0. The van der Waals surface area contributed by atoms with Crippen LogP contribution in [0.15, 0.2) is 22.3 Å². The second-order valence-corrected chi connectivity index (χ2v) is 8.61. The van der Waals surface area contributed by atoms with Gasteiger partial charge in [0, 0.05) is 11.1 Å². The molecule has 15 heteroatoms. The number of aromatic nitrogens is 1. The normalized spacial score (nSPS) is 19.4. The highest BCUT2D eigenvalue weighted by molar-refractivity contribution is 8.00. The topological polar surface area (TPSA) is 172 Å². The van der Waals surface area contributed by atoms with Crippen molar-refractivity contribution in [2.24, 2.45) is 5.16 Å². The van der Waals surface area contributed by atoms with E-state index in [2.05, 4.69) is 20.2 Å². The molecule has 2 atom stereocenters. The Morgan fingerprint density at radius 1 is 1.24 bits per heavy atom. The summed E-state index contributed by atoms with van der Waals surface area (Å²) in [6.45, 7) is 3.33. The van der Waals surface area contributed by atoms with E-state index in [0.717, 1.165) is 11.3 Å². The van der Waals surface area contributed by atoms with E-state index in [4.69, 9.17) is 20.0 Å². The Kier molecular flexibility index (Phi) is 8.70. The highest BCUT2D eigenvalue weighted by atomic mass is 32.2. The van der Waals surface area contributed by atoms with Crippen LogP contribution in [0, 0.1) is 0 Å². The first-order valence-corrected chi connectivity index (χ1v) is 12.1. The molecule has 0 spiro atoms. The number of hydrogen-bond acceptors (Lipinski definition) is 13. The molecule has 13 nitrogen and oxygen atoms in total. The number of fused-ring (bicyclic) bond motifs is 1. The molecule has 0 radical (unpaired) electrons. The van der Waals surface area contributed by atoms with Crippen LogP contribution in [0.4, 0.5) is 9.93 Å². The van der Waals surface area contributed by atoms with E-state index < -0.39 is 35.4 Å². The summed E-state index contributed by atoms with van der Waals surface area (Å²) < 4.78 is 14.4. The van der Waals surface area contributed by atoms with Crippen molar-refractivity contribution in [3.8, 4) is 0 Å². The van der Waals surface area contributed by atoms with Crippen LogP contribution in [0.5, 0.6) is 0 Å². The number of nitrogen functional groups attached to an aromatic ring is 1. The molecule has 3 rings (SSSR count). The fourth-order valence-corrected chi connectivity index (χ4v) is 4.70. The van der Waals surface area contributed by atoms with Crippen LogP contribution in [0.25, 0.3) is 0 Å². The molecule has 0 bridgehead atoms. The Hall–Kier alpha value is -3.33. The molecular weight excluding hydrogens is 490 g/mol. The Morgan fingerprint density at radius 2 is 2.00 bits per heavy atom. The summed E-state index contributed by atoms with van der Waals surface area (Å²) in [5, 5.41) is 7.74. The number of nitrogens with two attached hydrogens (primary N) is 1. The minimum absolute atomic E-state index is 0.0610. The predicted octanol–water partition coefficient (Wildman–Crippen LogP) is 0.466. The summed E-state index contributed by atoms with van der Waals surface area (Å²) in [6.07, 6.45) is 0.696. The molecule has 2 aliphatic heterocycles. The molecule has 2 amide bonds. The summed E-state index contributed by atoms with van der Waals surface area (Å²) in [4.78, 5) is 59.5. The summed E-state index contributed by atoms with van der Waals surface area (Å²) in [5.41, 5.74) is 5.82. The fourth-order valence-electron chi connectivity index (χ4n) is 2.96. The first-order valence-electron chi connectivity index (χ1n) is 10.2. The Morgan fingerprint density at radius 3 is 2.68 bits per heavy atom. The third-order valence-electron chi connectivity index (χ3n) is 4.41. The first-order chi connectivity index (χ1) is 16.4. The van der Waals surface area contributed by atoms with E-state index in [1.54, 1.807) is 25.3 Å². The lowest BCUT2D eigenvalue weighted by Crippen LogP contribution is -2.70. The van der Waals surface area contributed by atoms with Gasteiger partial charge in [0.05, 0.1) is 6.61 Å². The SMILES string of the molecule is CCON=C(C(=O)NC1C(=O)N2C(C(=O)OCCOC(=O)OCC)=CCS[C@@H]12)c1csc(N)n1. The van der Waals surface area contributed by atoms with Gasteiger partial charge in [-0.25, -0.2) is 14.6 Å². The molecule has 184 valence electrons. The molecule has 0 aromatic carbocycles. The number of oxime groups is 1. The second-order valence-electron chi connectivity index (χ2n) is 6.57. The van der Waals surface area contributed by atoms with Gasteiger partial charge >= 0.3 is 12.1 Å². The molecule has 1 aromatic heterocycles. The van der Waals surface area contributed by atoms with Crippen LogP contribution in [0.2, 0.25) is 0 Å². The van der Waals surface area contributed by atoms with E-state index in [1.165, 1.54) is 16.7 Å². The van der Waals surface area contributed by atoms with E-state index in [1.807, 2.05) is 0 Å². The van der Waals surface area contributed by atoms with E-state index in [0.29, 0.717) is 5.75 Å². The molecule has 0 aliphatic carbocycles. The fraction of sp³-hybridized carbons (Fsp3) is 0.474. The number of esters is 1. The van der Waals surface area contributed by atoms with Crippen LogP contribution in [0.3, 0.4) is 0 Å². The van der Waals surface area contributed by atoms with E-state index in [9.17, 15) is 19.2 Å². The minimum atomic E-state index is -0.885. The van der Waals surface area contributed by atoms with Gasteiger partial charge in [0.2, 0.25) is 0 Å². The molecule has 1 saturated heterocycles. The molecule has 34 heavy (non-hydrogen) atoms. The minimum Gasteiger partial charge on any atom is -0.457 e. The van der Waals surface area contributed by atoms with Gasteiger partial charge < -0.3 is 30.1 Å². The summed E-state index contributed by atoms with van der Waals surface area (Å²) >= 11 is 2.50. The van der Waals surface area contributed by atoms with Gasteiger partial charge in [0.1, 0.15) is 42.6 Å². The summed E-state index contributed by atoms with van der Waals surface area (Å²) in [6, 6.07) is -0.885. The Bertz CT molecular complexity index is 1010. The van der Waals surface area contributed by atoms with Gasteiger partial charge in [-0.15, -0.1) is 23.1 Å². The number of ether oxygens (including phenoxy) is 3. The number of carbonyl (C=O) groups excluding carboxylic acids is 4. The summed E-state index contributed by atoms with van der Waals surface area (Å²) in [5.74, 6) is -1.46. The molecule has 1 aromatic rings. The van der Waals surface area contributed by atoms with Crippen molar-refractivity contribution in [3.63, 3.8) is 0 Å². The van der Waals surface area contributed by atoms with Crippen LogP contribution in [-0.4, -0.2) is 83.1 Å². The highest BCUT2D eigenvalue weighted by Gasteiger charge is 2.53. The van der Waals surface area contributed by atoms with Crippen molar-refractivity contribution in [2.45, 2.75) is 25.3 Å². The van der Waals surface area contributed by atoms with Crippen molar-refractivity contribution in [1.82, 2.24) is 15.2 Å². The lowest BCUT2D eigenvalue weighted by Gasteiger charge is -2.48. The lowest BCUT2D eigenvalue weighted by molar-refractivity contribution is -0.152. The number of β-lactam (4-membered cyclic amide) rings is 1. The maximum Gasteiger partial charge on any atom is 0.508 e. The van der Waals surface area contributed by atoms with Gasteiger partial charge in [-0.2, -0.15) is 0 Å². The van der Waals surface area contributed by atoms with Crippen LogP contribution < -0.4 is 11.1 Å². The van der Waals surface area contributed by atoms with Gasteiger partial charge in [0.25, 0.3) is 11.8 Å². The number of thiazole rings is 1. The average Bonchev–Trinajstić information content (AvgIpc) is 3.25. The number of carbonyl (C=O) groups is 4. The van der Waals surface area contributed by atoms with Crippen molar-refractivity contribution in [1.29, 1.82) is 0 Å². The molecule has 3 N–H and O–H groups in total. The Labute approximate surface area is 202 Å². The summed E-state index contributed by atoms with van der Waals surface area (Å²) in [7, 11) is 0. The monoisotopic (exact) mass is 513 g/mol. The van der Waals surface area contributed by atoms with Crippen LogP contribution in [0.1, 0.15) is 19.5 Å². The second kappa shape index (κ2) is 11.7. The zero-order chi connectivity index (χ0) is 24.7. The van der Waals surface area contributed by atoms with Gasteiger partial charge in [-0.3, -0.25) is 14.5 Å². The molecule has 0 saturated carbocycles. The number of thioether (sulfide) groups is 1. The number of nitrogens with one attached hydrogen (secondary N) is 1. The number of rotatable bonds is 10. The maximum atomic E-state index is 12.8. The molecular formula is C19H23N5O8S2. The largest absolute Gasteiger partial charge is 0.508 e. The standard InChI is InChI=1S/C19H23N5O8S2/c1-3-29-19(28)31-7-6-30-17(27)11-5-8-33-16-13(15(26)24(11)16)22-14(25)12(23-32-4-2)10-9-34-18(20)21-10/h5,9,13,16H,3-4,6-8H2,1-2H3,(H2,20,21)(H,22,25)/t13?,16-/m0/s1. The number of nitrogens with zero attached hydrogens (tertiary/aromatic N) is 3. The third kappa shape index (κ3) is 5.77. The van der Waals surface area contributed by atoms with Gasteiger partial charge in [-0.05, 0) is 19.9 Å². The zero-order valence-electron chi connectivity index (χ0n) is 18.3. The first kappa shape index (κ1) is 25.3. The van der Waals surface area contributed by atoms with E-state index >= 15 is 0 Å². The number of amides is 2. The predicted molar refractivity (Wildman–Crippen MR) is 122 cm³/mol. The molecule has 1 unspecified atom stereocenters. The van der Waals surface area contributed by atoms with Crippen molar-refractivity contribution in [2.75, 3.05) is 37.9 Å². The average molecular weight is 514 g/mol. The number of anilines is 1. The Balaban J connectivity index is 1.58. The highest BCUT2D eigenvalue weighted by Crippen LogP contribution is 2.37. The molecule has 3 heterocycles. The smallest absolute Gasteiger partial charge is 0.457 e. The van der Waals surface area contributed by atoms with Crippen molar-refractivity contribution >= 4 is 57.9 Å². The maximum absolute atomic E-state index is 12.8. The molecule has 2 aliphatic rings. The van der Waals surface area contributed by atoms with Crippen molar-refractivity contribution < 1.29 is 38.2 Å².